The summed E-state index contributed by atoms with van der Waals surface area (Å²) in [5.41, 5.74) is 0.0476. The predicted molar refractivity (Wildman–Crippen MR) is 82.5 cm³/mol. The Labute approximate surface area is 131 Å². The van der Waals surface area contributed by atoms with Crippen LogP contribution >= 0.6 is 11.8 Å². The van der Waals surface area contributed by atoms with Crippen LogP contribution in [0.2, 0.25) is 0 Å². The number of benzene rings is 1. The first-order valence-corrected chi connectivity index (χ1v) is 7.72. The quantitative estimate of drug-likeness (QED) is 0.849. The maximum Gasteiger partial charge on any atom is 0.338 e. The van der Waals surface area contributed by atoms with Gasteiger partial charge >= 0.3 is 5.97 Å². The van der Waals surface area contributed by atoms with Gasteiger partial charge in [0.05, 0.1) is 12.7 Å². The third-order valence-electron chi connectivity index (χ3n) is 3.55. The van der Waals surface area contributed by atoms with Crippen LogP contribution in [0, 0.1) is 11.6 Å². The summed E-state index contributed by atoms with van der Waals surface area (Å²) >= 11 is 1.36. The van der Waals surface area contributed by atoms with Gasteiger partial charge in [0.1, 0.15) is 5.54 Å². The van der Waals surface area contributed by atoms with E-state index in [1.54, 1.807) is 13.8 Å². The molecule has 0 aliphatic carbocycles. The second kappa shape index (κ2) is 6.08. The molecule has 0 fully saturated rings. The zero-order chi connectivity index (χ0) is 16.5. The first-order valence-electron chi connectivity index (χ1n) is 6.49. The molecule has 4 nitrogen and oxygen atoms in total. The first-order chi connectivity index (χ1) is 10.3. The van der Waals surface area contributed by atoms with Crippen LogP contribution in [0.15, 0.2) is 34.5 Å². The van der Waals surface area contributed by atoms with Crippen LogP contribution < -0.4 is 5.32 Å². The Morgan fingerprint density at radius 3 is 2.59 bits per heavy atom. The van der Waals surface area contributed by atoms with Crippen LogP contribution in [0.1, 0.15) is 19.4 Å². The molecule has 0 bridgehead atoms. The van der Waals surface area contributed by atoms with Crippen molar-refractivity contribution in [2.45, 2.75) is 19.4 Å². The third-order valence-corrected chi connectivity index (χ3v) is 4.13. The lowest BCUT2D eigenvalue weighted by molar-refractivity contribution is -0.137. The van der Waals surface area contributed by atoms with E-state index in [1.165, 1.54) is 24.9 Å². The second-order valence-electron chi connectivity index (χ2n) is 4.94. The highest BCUT2D eigenvalue weighted by molar-refractivity contribution is 8.13. The van der Waals surface area contributed by atoms with Gasteiger partial charge in [0, 0.05) is 5.70 Å². The smallest absolute Gasteiger partial charge is 0.338 e. The van der Waals surface area contributed by atoms with Gasteiger partial charge < -0.3 is 10.1 Å². The molecule has 1 aliphatic heterocycles. The van der Waals surface area contributed by atoms with Crippen molar-refractivity contribution in [1.29, 1.82) is 0 Å². The van der Waals surface area contributed by atoms with Crippen molar-refractivity contribution in [2.24, 2.45) is 4.99 Å². The van der Waals surface area contributed by atoms with E-state index in [1.807, 2.05) is 6.26 Å². The second-order valence-corrected chi connectivity index (χ2v) is 5.73. The summed E-state index contributed by atoms with van der Waals surface area (Å²) in [6, 6.07) is 3.50. The van der Waals surface area contributed by atoms with E-state index in [9.17, 15) is 13.6 Å². The molecule has 22 heavy (non-hydrogen) atoms. The van der Waals surface area contributed by atoms with Gasteiger partial charge in [-0.1, -0.05) is 17.8 Å². The molecule has 1 aromatic carbocycles. The van der Waals surface area contributed by atoms with E-state index in [0.29, 0.717) is 16.4 Å². The number of carbonyl (C=O) groups is 1. The fourth-order valence-electron chi connectivity index (χ4n) is 2.43. The molecule has 7 heteroatoms. The summed E-state index contributed by atoms with van der Waals surface area (Å²) in [5.74, 6) is -2.50. The molecule has 1 N–H and O–H groups in total. The lowest BCUT2D eigenvalue weighted by atomic mass is 9.83. The molecular weight excluding hydrogens is 310 g/mol. The van der Waals surface area contributed by atoms with Gasteiger partial charge in [-0.2, -0.15) is 0 Å². The summed E-state index contributed by atoms with van der Waals surface area (Å²) in [4.78, 5) is 16.6. The van der Waals surface area contributed by atoms with Crippen molar-refractivity contribution < 1.29 is 18.3 Å². The number of methoxy groups -OCH3 is 1. The highest BCUT2D eigenvalue weighted by Gasteiger charge is 2.41. The number of amidine groups is 1. The van der Waals surface area contributed by atoms with E-state index in [0.717, 1.165) is 12.1 Å². The van der Waals surface area contributed by atoms with Crippen LogP contribution in [0.4, 0.5) is 8.78 Å². The molecule has 1 heterocycles. The van der Waals surface area contributed by atoms with Crippen molar-refractivity contribution in [3.05, 3.63) is 46.7 Å². The van der Waals surface area contributed by atoms with Crippen molar-refractivity contribution in [1.82, 2.24) is 5.32 Å². The predicted octanol–water partition coefficient (Wildman–Crippen LogP) is 2.95. The summed E-state index contributed by atoms with van der Waals surface area (Å²) in [6.45, 7) is 3.39. The zero-order valence-corrected chi connectivity index (χ0v) is 13.5. The SMILES string of the molecule is COC(=O)C1=C(C)NC(SC)=NC1(C)c1ccc(F)c(F)c1. The van der Waals surface area contributed by atoms with Crippen molar-refractivity contribution in [3.8, 4) is 0 Å². The van der Waals surface area contributed by atoms with Gasteiger partial charge in [-0.3, -0.25) is 0 Å². The Bertz CT molecular complexity index is 688. The molecule has 1 unspecified atom stereocenters. The average Bonchev–Trinajstić information content (AvgIpc) is 2.48. The molecular formula is C15H16F2N2O2S. The van der Waals surface area contributed by atoms with Crippen molar-refractivity contribution >= 4 is 22.9 Å². The van der Waals surface area contributed by atoms with E-state index in [4.69, 9.17) is 4.74 Å². The van der Waals surface area contributed by atoms with Gasteiger partial charge in [-0.05, 0) is 37.8 Å². The number of nitrogens with zero attached hydrogens (tertiary/aromatic N) is 1. The minimum atomic E-state index is -1.16. The fourth-order valence-corrected chi connectivity index (χ4v) is 2.96. The summed E-state index contributed by atoms with van der Waals surface area (Å²) < 4.78 is 31.6. The minimum absolute atomic E-state index is 0.263. The zero-order valence-electron chi connectivity index (χ0n) is 12.7. The standard InChI is InChI=1S/C15H16F2N2O2S/c1-8-12(13(20)21-3)15(2,19-14(18-8)22-4)9-5-6-10(16)11(17)7-9/h5-7H,1-4H3,(H,18,19). The molecule has 118 valence electrons. The highest BCUT2D eigenvalue weighted by Crippen LogP contribution is 2.39. The third kappa shape index (κ3) is 2.72. The number of rotatable bonds is 2. The molecule has 1 aromatic rings. The van der Waals surface area contributed by atoms with Gasteiger partial charge in [0.2, 0.25) is 0 Å². The number of nitrogens with one attached hydrogen (secondary N) is 1. The number of carbonyl (C=O) groups excluding carboxylic acids is 1. The Balaban J connectivity index is 2.67. The monoisotopic (exact) mass is 326 g/mol. The maximum atomic E-state index is 13.6. The van der Waals surface area contributed by atoms with Crippen LogP contribution in [0.25, 0.3) is 0 Å². The molecule has 0 saturated carbocycles. The van der Waals surface area contributed by atoms with Gasteiger partial charge in [0.15, 0.2) is 16.8 Å². The normalized spacial score (nSPS) is 21.3. The number of aliphatic imine (C=N–C) groups is 1. The number of halogens is 2. The molecule has 2 rings (SSSR count). The molecule has 1 aliphatic rings. The number of ether oxygens (including phenoxy) is 1. The molecule has 0 spiro atoms. The van der Waals surface area contributed by atoms with Crippen LogP contribution in [0.3, 0.4) is 0 Å². The molecule has 0 saturated heterocycles. The average molecular weight is 326 g/mol. The summed E-state index contributed by atoms with van der Waals surface area (Å²) in [5, 5.41) is 3.59. The maximum absolute atomic E-state index is 13.6. The van der Waals surface area contributed by atoms with Crippen LogP contribution in [-0.2, 0) is 15.1 Å². The summed E-state index contributed by atoms with van der Waals surface area (Å²) in [6.07, 6.45) is 1.83. The van der Waals surface area contributed by atoms with E-state index < -0.39 is 23.1 Å². The number of hydrogen-bond donors (Lipinski definition) is 1. The lowest BCUT2D eigenvalue weighted by Gasteiger charge is -2.33. The number of hydrogen-bond acceptors (Lipinski definition) is 5. The summed E-state index contributed by atoms with van der Waals surface area (Å²) in [7, 11) is 1.27. The largest absolute Gasteiger partial charge is 0.466 e. The highest BCUT2D eigenvalue weighted by atomic mass is 32.2. The van der Waals surface area contributed by atoms with Crippen LogP contribution in [0.5, 0.6) is 0 Å². The van der Waals surface area contributed by atoms with Gasteiger partial charge in [0.25, 0.3) is 0 Å². The Kier molecular flexibility index (Phi) is 4.55. The van der Waals surface area contributed by atoms with Crippen molar-refractivity contribution in [3.63, 3.8) is 0 Å². The molecule has 1 atom stereocenters. The lowest BCUT2D eigenvalue weighted by Crippen LogP contribution is -2.39. The number of thioether (sulfide) groups is 1. The Morgan fingerprint density at radius 1 is 1.36 bits per heavy atom. The minimum Gasteiger partial charge on any atom is -0.466 e. The molecule has 0 radical (unpaired) electrons. The number of allylic oxidation sites excluding steroid dienone is 1. The van der Waals surface area contributed by atoms with Crippen LogP contribution in [-0.4, -0.2) is 24.5 Å². The fraction of sp³-hybridized carbons (Fsp3) is 0.333. The van der Waals surface area contributed by atoms with E-state index in [-0.39, 0.29) is 5.57 Å². The van der Waals surface area contributed by atoms with Gasteiger partial charge in [-0.15, -0.1) is 0 Å². The Hall–Kier alpha value is -1.89. The first kappa shape index (κ1) is 16.5. The Morgan fingerprint density at radius 2 is 2.05 bits per heavy atom. The van der Waals surface area contributed by atoms with E-state index >= 15 is 0 Å². The van der Waals surface area contributed by atoms with Gasteiger partial charge in [-0.25, -0.2) is 18.6 Å². The topological polar surface area (TPSA) is 50.7 Å². The van der Waals surface area contributed by atoms with Crippen molar-refractivity contribution in [2.75, 3.05) is 13.4 Å². The molecule has 0 amide bonds. The number of esters is 1. The molecule has 0 aromatic heterocycles. The van der Waals surface area contributed by atoms with E-state index in [2.05, 4.69) is 10.3 Å².